The van der Waals surface area contributed by atoms with Gasteiger partial charge in [-0.2, -0.15) is 0 Å². The minimum Gasteiger partial charge on any atom is -0.493 e. The van der Waals surface area contributed by atoms with Crippen LogP contribution < -0.4 is 14.8 Å². The average Bonchev–Trinajstić information content (AvgIpc) is 2.71. The summed E-state index contributed by atoms with van der Waals surface area (Å²) in [7, 11) is 1.56. The Hall–Kier alpha value is -1.95. The molecule has 1 fully saturated rings. The highest BCUT2D eigenvalue weighted by molar-refractivity contribution is 6.35. The van der Waals surface area contributed by atoms with Crippen LogP contribution >= 0.6 is 23.2 Å². The molecular weight excluding hydrogens is 401 g/mol. The van der Waals surface area contributed by atoms with Crippen molar-refractivity contribution in [3.63, 3.8) is 0 Å². The number of rotatable bonds is 7. The second kappa shape index (κ2) is 9.50. The molecule has 7 heteroatoms. The number of methoxy groups -OCH3 is 1. The van der Waals surface area contributed by atoms with Crippen LogP contribution in [0.4, 0.5) is 0 Å². The molecule has 0 aliphatic carbocycles. The lowest BCUT2D eigenvalue weighted by Crippen LogP contribution is -2.45. The monoisotopic (exact) mass is 423 g/mol. The Morgan fingerprint density at radius 3 is 2.54 bits per heavy atom. The molecule has 28 heavy (non-hydrogen) atoms. The van der Waals surface area contributed by atoms with Crippen LogP contribution in [0.25, 0.3) is 0 Å². The predicted molar refractivity (Wildman–Crippen MR) is 110 cm³/mol. The Labute approximate surface area is 174 Å². The molecule has 0 radical (unpaired) electrons. The van der Waals surface area contributed by atoms with Crippen molar-refractivity contribution in [2.45, 2.75) is 18.3 Å². The maximum absolute atomic E-state index is 12.4. The van der Waals surface area contributed by atoms with Crippen LogP contribution in [-0.2, 0) is 14.9 Å². The van der Waals surface area contributed by atoms with E-state index in [0.29, 0.717) is 41.3 Å². The maximum Gasteiger partial charge on any atom is 0.257 e. The number of benzene rings is 2. The van der Waals surface area contributed by atoms with Crippen molar-refractivity contribution >= 4 is 29.1 Å². The van der Waals surface area contributed by atoms with Crippen molar-refractivity contribution in [3.05, 3.63) is 58.1 Å². The van der Waals surface area contributed by atoms with Crippen LogP contribution in [0.15, 0.2) is 42.5 Å². The highest BCUT2D eigenvalue weighted by Crippen LogP contribution is 2.39. The summed E-state index contributed by atoms with van der Waals surface area (Å²) in [6.45, 7) is 1.59. The number of para-hydroxylation sites is 2. The third kappa shape index (κ3) is 4.90. The van der Waals surface area contributed by atoms with Gasteiger partial charge in [0.1, 0.15) is 0 Å². The first-order chi connectivity index (χ1) is 13.5. The van der Waals surface area contributed by atoms with Gasteiger partial charge in [-0.1, -0.05) is 41.4 Å². The highest BCUT2D eigenvalue weighted by Gasteiger charge is 2.36. The number of carbonyl (C=O) groups is 1. The van der Waals surface area contributed by atoms with Crippen LogP contribution in [0.5, 0.6) is 11.5 Å². The van der Waals surface area contributed by atoms with Crippen LogP contribution in [0, 0.1) is 0 Å². The van der Waals surface area contributed by atoms with E-state index in [1.807, 2.05) is 24.3 Å². The van der Waals surface area contributed by atoms with Crippen molar-refractivity contribution in [1.29, 1.82) is 0 Å². The number of hydrogen-bond donors (Lipinski definition) is 1. The second-order valence-corrected chi connectivity index (χ2v) is 7.58. The van der Waals surface area contributed by atoms with Gasteiger partial charge in [-0.3, -0.25) is 4.79 Å². The summed E-state index contributed by atoms with van der Waals surface area (Å²) < 4.78 is 16.4. The topological polar surface area (TPSA) is 56.8 Å². The van der Waals surface area contributed by atoms with E-state index in [4.69, 9.17) is 37.4 Å². The molecule has 5 nitrogen and oxygen atoms in total. The molecule has 0 bridgehead atoms. The van der Waals surface area contributed by atoms with Gasteiger partial charge in [0.2, 0.25) is 0 Å². The Balaban J connectivity index is 1.66. The van der Waals surface area contributed by atoms with Gasteiger partial charge in [0.15, 0.2) is 18.1 Å². The van der Waals surface area contributed by atoms with Gasteiger partial charge in [-0.05, 0) is 42.7 Å². The SMILES string of the molecule is COc1ccccc1OCC(=O)NCC1(c2ccc(Cl)cc2Cl)CCOCC1. The lowest BCUT2D eigenvalue weighted by molar-refractivity contribution is -0.123. The summed E-state index contributed by atoms with van der Waals surface area (Å²) >= 11 is 12.5. The van der Waals surface area contributed by atoms with E-state index in [1.54, 1.807) is 25.3 Å². The molecule has 1 saturated heterocycles. The smallest absolute Gasteiger partial charge is 0.257 e. The molecule has 1 amide bonds. The van der Waals surface area contributed by atoms with E-state index in [2.05, 4.69) is 5.32 Å². The molecule has 0 unspecified atom stereocenters. The number of halogens is 2. The van der Waals surface area contributed by atoms with E-state index >= 15 is 0 Å². The van der Waals surface area contributed by atoms with E-state index in [-0.39, 0.29) is 17.9 Å². The zero-order valence-corrected chi connectivity index (χ0v) is 17.2. The number of carbonyl (C=O) groups excluding carboxylic acids is 1. The molecule has 1 aliphatic heterocycles. The second-order valence-electron chi connectivity index (χ2n) is 6.73. The molecule has 0 aromatic heterocycles. The van der Waals surface area contributed by atoms with Gasteiger partial charge in [-0.25, -0.2) is 0 Å². The summed E-state index contributed by atoms with van der Waals surface area (Å²) in [5, 5.41) is 4.18. The van der Waals surface area contributed by atoms with E-state index in [1.165, 1.54) is 0 Å². The number of ether oxygens (including phenoxy) is 3. The molecule has 0 saturated carbocycles. The van der Waals surface area contributed by atoms with Gasteiger partial charge in [0, 0.05) is 35.2 Å². The van der Waals surface area contributed by atoms with Crippen LogP contribution in [0.1, 0.15) is 18.4 Å². The fourth-order valence-electron chi connectivity index (χ4n) is 3.42. The lowest BCUT2D eigenvalue weighted by atomic mass is 9.74. The fraction of sp³-hybridized carbons (Fsp3) is 0.381. The molecule has 0 atom stereocenters. The van der Waals surface area contributed by atoms with Crippen LogP contribution in [0.3, 0.4) is 0 Å². The highest BCUT2D eigenvalue weighted by atomic mass is 35.5. The fourth-order valence-corrected chi connectivity index (χ4v) is 4.03. The maximum atomic E-state index is 12.4. The van der Waals surface area contributed by atoms with Gasteiger partial charge >= 0.3 is 0 Å². The summed E-state index contributed by atoms with van der Waals surface area (Å²) in [5.74, 6) is 0.910. The van der Waals surface area contributed by atoms with Crippen molar-refractivity contribution in [3.8, 4) is 11.5 Å². The molecule has 2 aromatic carbocycles. The zero-order valence-electron chi connectivity index (χ0n) is 15.7. The largest absolute Gasteiger partial charge is 0.493 e. The minimum atomic E-state index is -0.292. The van der Waals surface area contributed by atoms with Gasteiger partial charge in [-0.15, -0.1) is 0 Å². The van der Waals surface area contributed by atoms with E-state index in [9.17, 15) is 4.79 Å². The third-order valence-corrected chi connectivity index (χ3v) is 5.55. The number of amides is 1. The minimum absolute atomic E-state index is 0.0959. The summed E-state index contributed by atoms with van der Waals surface area (Å²) in [6, 6.07) is 12.7. The summed E-state index contributed by atoms with van der Waals surface area (Å²) in [4.78, 5) is 12.4. The molecule has 150 valence electrons. The van der Waals surface area contributed by atoms with E-state index in [0.717, 1.165) is 18.4 Å². The first-order valence-corrected chi connectivity index (χ1v) is 9.85. The Bertz CT molecular complexity index is 822. The third-order valence-electron chi connectivity index (χ3n) is 5.00. The van der Waals surface area contributed by atoms with Crippen LogP contribution in [0.2, 0.25) is 10.0 Å². The zero-order chi connectivity index (χ0) is 20.0. The Morgan fingerprint density at radius 1 is 1.14 bits per heavy atom. The Morgan fingerprint density at radius 2 is 1.86 bits per heavy atom. The molecule has 1 heterocycles. The predicted octanol–water partition coefficient (Wildman–Crippen LogP) is 4.25. The Kier molecular flexibility index (Phi) is 7.05. The van der Waals surface area contributed by atoms with Crippen molar-refractivity contribution in [2.75, 3.05) is 33.5 Å². The molecule has 1 aliphatic rings. The molecule has 1 N–H and O–H groups in total. The molecule has 3 rings (SSSR count). The number of nitrogens with one attached hydrogen (secondary N) is 1. The molecule has 2 aromatic rings. The molecular formula is C21H23Cl2NO4. The van der Waals surface area contributed by atoms with Crippen molar-refractivity contribution < 1.29 is 19.0 Å². The van der Waals surface area contributed by atoms with Gasteiger partial charge in [0.25, 0.3) is 5.91 Å². The molecule has 0 spiro atoms. The summed E-state index contributed by atoms with van der Waals surface area (Å²) in [6.07, 6.45) is 1.53. The summed E-state index contributed by atoms with van der Waals surface area (Å²) in [5.41, 5.74) is 0.688. The first kappa shape index (κ1) is 20.8. The lowest BCUT2D eigenvalue weighted by Gasteiger charge is -2.38. The van der Waals surface area contributed by atoms with Crippen molar-refractivity contribution in [1.82, 2.24) is 5.32 Å². The number of hydrogen-bond acceptors (Lipinski definition) is 4. The average molecular weight is 424 g/mol. The van der Waals surface area contributed by atoms with Crippen molar-refractivity contribution in [2.24, 2.45) is 0 Å². The first-order valence-electron chi connectivity index (χ1n) is 9.10. The van der Waals surface area contributed by atoms with Crippen LogP contribution in [-0.4, -0.2) is 39.4 Å². The quantitative estimate of drug-likeness (QED) is 0.722. The van der Waals surface area contributed by atoms with Gasteiger partial charge < -0.3 is 19.5 Å². The standard InChI is InChI=1S/C21H23Cl2NO4/c1-26-18-4-2-3-5-19(18)28-13-20(25)24-14-21(8-10-27-11-9-21)16-7-6-15(22)12-17(16)23/h2-7,12H,8-11,13-14H2,1H3,(H,24,25). The normalized spacial score (nSPS) is 15.7. The van der Waals surface area contributed by atoms with E-state index < -0.39 is 0 Å². The van der Waals surface area contributed by atoms with Gasteiger partial charge in [0.05, 0.1) is 7.11 Å².